The van der Waals surface area contributed by atoms with Crippen LogP contribution in [0.2, 0.25) is 0 Å². The van der Waals surface area contributed by atoms with Crippen molar-refractivity contribution in [3.05, 3.63) is 92.6 Å². The van der Waals surface area contributed by atoms with Crippen molar-refractivity contribution in [2.24, 2.45) is 0 Å². The lowest BCUT2D eigenvalue weighted by Crippen LogP contribution is -2.26. The van der Waals surface area contributed by atoms with Crippen LogP contribution in [0.3, 0.4) is 0 Å². The first kappa shape index (κ1) is 19.6. The highest BCUT2D eigenvalue weighted by Gasteiger charge is 2.18. The molecule has 0 saturated carbocycles. The minimum Gasteiger partial charge on any atom is -0.277 e. The fourth-order valence-corrected chi connectivity index (χ4v) is 5.00. The average molecular weight is 455 g/mol. The second-order valence-electron chi connectivity index (χ2n) is 7.65. The molecule has 6 aromatic rings. The Morgan fingerprint density at radius 3 is 2.36 bits per heavy atom. The van der Waals surface area contributed by atoms with Gasteiger partial charge in [0.05, 0.1) is 21.2 Å². The molecular weight excluding hydrogens is 436 g/mol. The number of rotatable bonds is 4. The summed E-state index contributed by atoms with van der Waals surface area (Å²) in [6, 6.07) is 18.8. The first-order valence-electron chi connectivity index (χ1n) is 10.6. The van der Waals surface area contributed by atoms with E-state index in [0.29, 0.717) is 34.4 Å². The first-order chi connectivity index (χ1) is 16.2. The van der Waals surface area contributed by atoms with Gasteiger partial charge in [-0.1, -0.05) is 36.4 Å². The monoisotopic (exact) mass is 454 g/mol. The van der Waals surface area contributed by atoms with E-state index < -0.39 is 0 Å². The van der Waals surface area contributed by atoms with Crippen molar-refractivity contribution >= 4 is 38.8 Å². The molecule has 0 saturated heterocycles. The molecule has 0 aliphatic heterocycles. The van der Waals surface area contributed by atoms with Crippen molar-refractivity contribution in [3.8, 4) is 10.6 Å². The molecule has 2 aromatic carbocycles. The molecule has 4 aromatic heterocycles. The number of thiophene rings is 1. The molecule has 6 rings (SSSR count). The van der Waals surface area contributed by atoms with Crippen LogP contribution >= 0.6 is 11.3 Å². The lowest BCUT2D eigenvalue weighted by Gasteiger charge is -2.11. The Hall–Kier alpha value is -4.11. The summed E-state index contributed by atoms with van der Waals surface area (Å²) in [5, 5.41) is 17.4. The van der Waals surface area contributed by atoms with Gasteiger partial charge in [-0.25, -0.2) is 4.68 Å². The minimum atomic E-state index is -0.198. The molecule has 0 bridgehead atoms. The van der Waals surface area contributed by atoms with Crippen LogP contribution in [-0.2, 0) is 13.1 Å². The largest absolute Gasteiger partial charge is 0.277 e. The van der Waals surface area contributed by atoms with Gasteiger partial charge < -0.3 is 0 Å². The molecule has 0 radical (unpaired) electrons. The minimum absolute atomic E-state index is 0.111. The van der Waals surface area contributed by atoms with Gasteiger partial charge in [-0.05, 0) is 36.6 Å². The van der Waals surface area contributed by atoms with Crippen LogP contribution in [-0.4, -0.2) is 28.9 Å². The van der Waals surface area contributed by atoms with Gasteiger partial charge in [-0.3, -0.25) is 18.6 Å². The third-order valence-electron chi connectivity index (χ3n) is 5.80. The molecule has 0 unspecified atom stereocenters. The van der Waals surface area contributed by atoms with E-state index in [1.165, 1.54) is 4.68 Å². The predicted molar refractivity (Wildman–Crippen MR) is 129 cm³/mol. The number of para-hydroxylation sites is 1. The Balaban J connectivity index is 1.62. The van der Waals surface area contributed by atoms with Gasteiger partial charge >= 0.3 is 0 Å². The summed E-state index contributed by atoms with van der Waals surface area (Å²) >= 11 is 1.58. The van der Waals surface area contributed by atoms with Crippen molar-refractivity contribution in [2.45, 2.75) is 20.0 Å². The van der Waals surface area contributed by atoms with E-state index in [4.69, 9.17) is 5.10 Å². The van der Waals surface area contributed by atoms with Gasteiger partial charge in [-0.2, -0.15) is 5.10 Å². The van der Waals surface area contributed by atoms with E-state index in [9.17, 15) is 9.59 Å². The van der Waals surface area contributed by atoms with E-state index in [2.05, 4.69) is 10.2 Å². The second kappa shape index (κ2) is 7.49. The molecular formula is C24H18N6O2S. The molecule has 0 aliphatic rings. The van der Waals surface area contributed by atoms with Crippen LogP contribution in [0.5, 0.6) is 0 Å². The molecule has 8 nitrogen and oxygen atoms in total. The Morgan fingerprint density at radius 2 is 1.61 bits per heavy atom. The van der Waals surface area contributed by atoms with Gasteiger partial charge in [0.2, 0.25) is 5.78 Å². The lowest BCUT2D eigenvalue weighted by molar-refractivity contribution is 0.621. The number of nitrogens with zero attached hydrogens (tertiary/aromatic N) is 6. The van der Waals surface area contributed by atoms with Crippen LogP contribution in [0.15, 0.2) is 75.6 Å². The fourth-order valence-electron chi connectivity index (χ4n) is 4.27. The third kappa shape index (κ3) is 2.93. The number of hydrogen-bond acceptors (Lipinski definition) is 6. The summed E-state index contributed by atoms with van der Waals surface area (Å²) in [7, 11) is 0. The normalized spacial score (nSPS) is 11.7. The molecule has 0 spiro atoms. The van der Waals surface area contributed by atoms with Crippen molar-refractivity contribution in [2.75, 3.05) is 0 Å². The van der Waals surface area contributed by atoms with Crippen LogP contribution < -0.4 is 11.1 Å². The summed E-state index contributed by atoms with van der Waals surface area (Å²) < 4.78 is 4.87. The SMILES string of the molecule is CCn1c(=O)c2ccccc2n2c(Cn3nc(-c4cccs4)c4ccccc4c3=O)nnc12. The van der Waals surface area contributed by atoms with E-state index in [1.54, 1.807) is 22.0 Å². The summed E-state index contributed by atoms with van der Waals surface area (Å²) in [4.78, 5) is 27.3. The van der Waals surface area contributed by atoms with Gasteiger partial charge in [0.25, 0.3) is 11.1 Å². The van der Waals surface area contributed by atoms with Crippen LogP contribution in [0.25, 0.3) is 38.0 Å². The molecule has 162 valence electrons. The quantitative estimate of drug-likeness (QED) is 0.407. The Kier molecular flexibility index (Phi) is 4.44. The summed E-state index contributed by atoms with van der Waals surface area (Å²) in [5.41, 5.74) is 1.15. The van der Waals surface area contributed by atoms with Gasteiger partial charge in [0.15, 0.2) is 5.82 Å². The van der Waals surface area contributed by atoms with E-state index in [-0.39, 0.29) is 17.7 Å². The molecule has 0 fully saturated rings. The Labute approximate surface area is 191 Å². The van der Waals surface area contributed by atoms with Gasteiger partial charge in [0.1, 0.15) is 12.2 Å². The number of aromatic nitrogens is 6. The molecule has 4 heterocycles. The van der Waals surface area contributed by atoms with Gasteiger partial charge in [-0.15, -0.1) is 21.5 Å². The zero-order chi connectivity index (χ0) is 22.5. The van der Waals surface area contributed by atoms with Crippen molar-refractivity contribution in [1.82, 2.24) is 28.9 Å². The maximum Gasteiger partial charge on any atom is 0.275 e. The van der Waals surface area contributed by atoms with E-state index in [1.807, 2.05) is 71.3 Å². The first-order valence-corrected chi connectivity index (χ1v) is 11.4. The maximum absolute atomic E-state index is 13.3. The Bertz CT molecular complexity index is 1780. The molecule has 0 aliphatic carbocycles. The molecule has 0 atom stereocenters. The highest BCUT2D eigenvalue weighted by Crippen LogP contribution is 2.28. The zero-order valence-corrected chi connectivity index (χ0v) is 18.5. The number of fused-ring (bicyclic) bond motifs is 4. The standard InChI is InChI=1S/C24H18N6O2S/c1-2-28-22(31)17-10-5-6-11-18(17)30-20(25-26-24(28)30)14-29-23(32)16-9-4-3-8-15(16)21(27-29)19-12-7-13-33-19/h3-13H,2,14H2,1H3. The zero-order valence-electron chi connectivity index (χ0n) is 17.7. The highest BCUT2D eigenvalue weighted by atomic mass is 32.1. The van der Waals surface area contributed by atoms with Gasteiger partial charge in [0, 0.05) is 11.9 Å². The van der Waals surface area contributed by atoms with Crippen molar-refractivity contribution < 1.29 is 0 Å². The highest BCUT2D eigenvalue weighted by molar-refractivity contribution is 7.13. The van der Waals surface area contributed by atoms with E-state index >= 15 is 0 Å². The molecule has 0 amide bonds. The van der Waals surface area contributed by atoms with Crippen molar-refractivity contribution in [1.29, 1.82) is 0 Å². The topological polar surface area (TPSA) is 87.1 Å². The summed E-state index contributed by atoms with van der Waals surface area (Å²) in [5.74, 6) is 0.980. The second-order valence-corrected chi connectivity index (χ2v) is 8.60. The Morgan fingerprint density at radius 1 is 0.848 bits per heavy atom. The summed E-state index contributed by atoms with van der Waals surface area (Å²) in [6.07, 6.45) is 0. The van der Waals surface area contributed by atoms with E-state index in [0.717, 1.165) is 16.0 Å². The lowest BCUT2D eigenvalue weighted by atomic mass is 10.1. The number of benzene rings is 2. The predicted octanol–water partition coefficient (Wildman–Crippen LogP) is 3.55. The molecule has 0 N–H and O–H groups in total. The number of aryl methyl sites for hydroxylation is 1. The van der Waals surface area contributed by atoms with Crippen LogP contribution in [0, 0.1) is 0 Å². The molecule has 9 heteroatoms. The van der Waals surface area contributed by atoms with Crippen LogP contribution in [0.1, 0.15) is 12.7 Å². The smallest absolute Gasteiger partial charge is 0.275 e. The number of hydrogen-bond donors (Lipinski definition) is 0. The molecule has 33 heavy (non-hydrogen) atoms. The van der Waals surface area contributed by atoms with Crippen molar-refractivity contribution in [3.63, 3.8) is 0 Å². The maximum atomic E-state index is 13.3. The summed E-state index contributed by atoms with van der Waals surface area (Å²) in [6.45, 7) is 2.48. The fraction of sp³-hybridized carbons (Fsp3) is 0.125. The average Bonchev–Trinajstić information content (AvgIpc) is 3.52. The van der Waals surface area contributed by atoms with Crippen LogP contribution in [0.4, 0.5) is 0 Å². The third-order valence-corrected chi connectivity index (χ3v) is 6.68.